The van der Waals surface area contributed by atoms with Gasteiger partial charge in [0.05, 0.1) is 23.8 Å². The molecule has 0 aromatic heterocycles. The summed E-state index contributed by atoms with van der Waals surface area (Å²) in [6.07, 6.45) is 6.43. The summed E-state index contributed by atoms with van der Waals surface area (Å²) in [7, 11) is 0. The van der Waals surface area contributed by atoms with E-state index in [2.05, 4.69) is 28.1 Å². The van der Waals surface area contributed by atoms with Crippen molar-refractivity contribution in [2.75, 3.05) is 51.1 Å². The molecule has 3 rings (SSSR count). The summed E-state index contributed by atoms with van der Waals surface area (Å²) in [6.45, 7) is 6.85. The molecule has 0 radical (unpaired) electrons. The van der Waals surface area contributed by atoms with Crippen LogP contribution < -0.4 is 5.32 Å². The lowest BCUT2D eigenvalue weighted by Gasteiger charge is -2.35. The number of hydrogen-bond acceptors (Lipinski definition) is 4. The zero-order valence-electron chi connectivity index (χ0n) is 17.2. The van der Waals surface area contributed by atoms with Gasteiger partial charge in [-0.25, -0.2) is 0 Å². The Bertz CT molecular complexity index is 744. The van der Waals surface area contributed by atoms with Gasteiger partial charge in [-0.05, 0) is 37.8 Å². The fraction of sp³-hybridized carbons (Fsp3) is 0.545. The number of carbonyl (C=O) groups is 2. The summed E-state index contributed by atoms with van der Waals surface area (Å²) in [5.41, 5.74) is 1.84. The number of para-hydroxylation sites is 1. The van der Waals surface area contributed by atoms with E-state index < -0.39 is 0 Å². The van der Waals surface area contributed by atoms with Crippen LogP contribution in [0.5, 0.6) is 0 Å². The topological polar surface area (TPSA) is 55.9 Å². The molecule has 1 heterocycles. The van der Waals surface area contributed by atoms with E-state index >= 15 is 0 Å². The number of allylic oxidation sites excluding steroid dienone is 2. The van der Waals surface area contributed by atoms with Crippen LogP contribution in [-0.2, 0) is 9.59 Å². The minimum absolute atomic E-state index is 0.0649. The number of piperazine rings is 1. The molecule has 7 heteroatoms. The van der Waals surface area contributed by atoms with E-state index in [0.717, 1.165) is 58.4 Å². The lowest BCUT2D eigenvalue weighted by atomic mass is 10.2. The molecule has 0 spiro atoms. The van der Waals surface area contributed by atoms with E-state index in [9.17, 15) is 9.59 Å². The van der Waals surface area contributed by atoms with Crippen LogP contribution in [0.25, 0.3) is 0 Å². The average Bonchev–Trinajstić information content (AvgIpc) is 3.23. The van der Waals surface area contributed by atoms with Crippen molar-refractivity contribution in [3.63, 3.8) is 0 Å². The van der Waals surface area contributed by atoms with Crippen LogP contribution >= 0.6 is 11.6 Å². The van der Waals surface area contributed by atoms with Gasteiger partial charge in [-0.1, -0.05) is 36.7 Å². The number of halogens is 1. The Labute approximate surface area is 178 Å². The summed E-state index contributed by atoms with van der Waals surface area (Å²) in [5, 5.41) is 3.41. The predicted octanol–water partition coefficient (Wildman–Crippen LogP) is 3.20. The predicted molar refractivity (Wildman–Crippen MR) is 117 cm³/mol. The molecule has 2 aliphatic rings. The second-order valence-electron chi connectivity index (χ2n) is 7.71. The molecule has 1 N–H and O–H groups in total. The first-order valence-electron chi connectivity index (χ1n) is 10.6. The van der Waals surface area contributed by atoms with E-state index in [-0.39, 0.29) is 11.8 Å². The number of amides is 2. The number of rotatable bonds is 8. The Hall–Kier alpha value is -1.89. The van der Waals surface area contributed by atoms with E-state index in [1.807, 2.05) is 17.0 Å². The molecule has 1 aliphatic heterocycles. The van der Waals surface area contributed by atoms with Crippen molar-refractivity contribution in [1.82, 2.24) is 14.7 Å². The van der Waals surface area contributed by atoms with Crippen molar-refractivity contribution in [1.29, 1.82) is 0 Å². The van der Waals surface area contributed by atoms with Gasteiger partial charge in [0.15, 0.2) is 0 Å². The van der Waals surface area contributed by atoms with Crippen LogP contribution in [0.4, 0.5) is 5.69 Å². The van der Waals surface area contributed by atoms with Crippen molar-refractivity contribution in [2.24, 2.45) is 0 Å². The quantitative estimate of drug-likeness (QED) is 0.704. The maximum Gasteiger partial charge on any atom is 0.240 e. The van der Waals surface area contributed by atoms with Gasteiger partial charge in [0.25, 0.3) is 0 Å². The highest BCUT2D eigenvalue weighted by atomic mass is 35.5. The molecule has 0 unspecified atom stereocenters. The van der Waals surface area contributed by atoms with Gasteiger partial charge in [-0.3, -0.25) is 19.4 Å². The van der Waals surface area contributed by atoms with Crippen molar-refractivity contribution in [3.05, 3.63) is 41.1 Å². The largest absolute Gasteiger partial charge is 0.324 e. The van der Waals surface area contributed by atoms with Gasteiger partial charge in [-0.2, -0.15) is 0 Å². The lowest BCUT2D eigenvalue weighted by molar-refractivity contribution is -0.131. The van der Waals surface area contributed by atoms with Crippen LogP contribution in [0.15, 0.2) is 36.0 Å². The molecule has 1 aromatic carbocycles. The summed E-state index contributed by atoms with van der Waals surface area (Å²) in [4.78, 5) is 31.4. The lowest BCUT2D eigenvalue weighted by Crippen LogP contribution is -2.51. The van der Waals surface area contributed by atoms with Crippen LogP contribution in [0.3, 0.4) is 0 Å². The Morgan fingerprint density at radius 2 is 1.79 bits per heavy atom. The molecule has 1 aromatic rings. The standard InChI is InChI=1S/C22H31ClN4O2/c1-2-11-27(18-7-3-4-8-18)22(29)17-26-14-12-25(13-15-26)16-21(28)24-20-10-6-5-9-19(20)23/h5-7,9-10H,2-4,8,11-17H2,1H3,(H,24,28). The third-order valence-corrected chi connectivity index (χ3v) is 5.78. The van der Waals surface area contributed by atoms with Gasteiger partial charge in [0.2, 0.25) is 11.8 Å². The van der Waals surface area contributed by atoms with E-state index in [1.54, 1.807) is 12.1 Å². The summed E-state index contributed by atoms with van der Waals surface area (Å²) in [5.74, 6) is 0.134. The summed E-state index contributed by atoms with van der Waals surface area (Å²) >= 11 is 6.10. The zero-order chi connectivity index (χ0) is 20.6. The molecule has 0 saturated carbocycles. The molecule has 1 aliphatic carbocycles. The van der Waals surface area contributed by atoms with Crippen molar-refractivity contribution in [3.8, 4) is 0 Å². The highest BCUT2D eigenvalue weighted by Gasteiger charge is 2.25. The highest BCUT2D eigenvalue weighted by molar-refractivity contribution is 6.33. The Morgan fingerprint density at radius 1 is 1.10 bits per heavy atom. The van der Waals surface area contributed by atoms with Crippen LogP contribution in [0, 0.1) is 0 Å². The van der Waals surface area contributed by atoms with Gasteiger partial charge in [0, 0.05) is 38.4 Å². The molecule has 158 valence electrons. The summed E-state index contributed by atoms with van der Waals surface area (Å²) in [6, 6.07) is 7.24. The minimum atomic E-state index is -0.0649. The van der Waals surface area contributed by atoms with E-state index in [0.29, 0.717) is 23.8 Å². The maximum atomic E-state index is 12.8. The highest BCUT2D eigenvalue weighted by Crippen LogP contribution is 2.22. The minimum Gasteiger partial charge on any atom is -0.324 e. The third kappa shape index (κ3) is 6.29. The first-order valence-corrected chi connectivity index (χ1v) is 10.9. The third-order valence-electron chi connectivity index (χ3n) is 5.45. The number of carbonyl (C=O) groups excluding carboxylic acids is 2. The van der Waals surface area contributed by atoms with E-state index in [4.69, 9.17) is 11.6 Å². The SMILES string of the molecule is CCCN(C(=O)CN1CCN(CC(=O)Nc2ccccc2Cl)CC1)C1=CCCC1. The molecule has 6 nitrogen and oxygen atoms in total. The van der Waals surface area contributed by atoms with Crippen molar-refractivity contribution >= 4 is 29.1 Å². The molecular formula is C22H31ClN4O2. The number of nitrogens with zero attached hydrogens (tertiary/aromatic N) is 3. The fourth-order valence-corrected chi connectivity index (χ4v) is 4.07. The average molecular weight is 419 g/mol. The smallest absolute Gasteiger partial charge is 0.240 e. The summed E-state index contributed by atoms with van der Waals surface area (Å²) < 4.78 is 0. The first-order chi connectivity index (χ1) is 14.1. The number of hydrogen-bond donors (Lipinski definition) is 1. The Morgan fingerprint density at radius 3 is 2.41 bits per heavy atom. The maximum absolute atomic E-state index is 12.8. The molecule has 1 fully saturated rings. The monoisotopic (exact) mass is 418 g/mol. The van der Waals surface area contributed by atoms with Gasteiger partial charge in [-0.15, -0.1) is 0 Å². The van der Waals surface area contributed by atoms with Gasteiger partial charge >= 0.3 is 0 Å². The molecular weight excluding hydrogens is 388 g/mol. The molecule has 0 atom stereocenters. The number of nitrogens with one attached hydrogen (secondary N) is 1. The van der Waals surface area contributed by atoms with Crippen LogP contribution in [-0.4, -0.2) is 72.3 Å². The Kier molecular flexibility index (Phi) is 8.09. The first kappa shape index (κ1) is 21.8. The Balaban J connectivity index is 1.43. The molecule has 0 bridgehead atoms. The zero-order valence-corrected chi connectivity index (χ0v) is 18.0. The van der Waals surface area contributed by atoms with Crippen LogP contribution in [0.1, 0.15) is 32.6 Å². The second-order valence-corrected chi connectivity index (χ2v) is 8.12. The van der Waals surface area contributed by atoms with Gasteiger partial charge < -0.3 is 10.2 Å². The van der Waals surface area contributed by atoms with Crippen molar-refractivity contribution in [2.45, 2.75) is 32.6 Å². The second kappa shape index (κ2) is 10.8. The van der Waals surface area contributed by atoms with Gasteiger partial charge in [0.1, 0.15) is 0 Å². The molecule has 1 saturated heterocycles. The van der Waals surface area contributed by atoms with E-state index in [1.165, 1.54) is 5.70 Å². The number of anilines is 1. The molecule has 29 heavy (non-hydrogen) atoms. The number of benzene rings is 1. The van der Waals surface area contributed by atoms with Crippen molar-refractivity contribution < 1.29 is 9.59 Å². The molecule has 2 amide bonds. The fourth-order valence-electron chi connectivity index (χ4n) is 3.89. The van der Waals surface area contributed by atoms with Crippen LogP contribution in [0.2, 0.25) is 5.02 Å². The normalized spacial score (nSPS) is 17.8.